The monoisotopic (exact) mass is 538 g/mol. The average molecular weight is 539 g/mol. The van der Waals surface area contributed by atoms with Crippen LogP contribution in [-0.4, -0.2) is 41.9 Å². The van der Waals surface area contributed by atoms with Crippen molar-refractivity contribution in [3.05, 3.63) is 56.7 Å². The molecule has 5 rings (SSSR count). The number of carbonyl (C=O) groups is 2. The molecule has 0 spiro atoms. The lowest BCUT2D eigenvalue weighted by atomic mass is 9.70. The number of benzene rings is 1. The summed E-state index contributed by atoms with van der Waals surface area (Å²) in [5, 5.41) is 2.69. The standard InChI is InChI=1S/C15H15ClN2OS.C10H16O4S/c16-12-4-2-1-3-11(12)14(15(17)19)18-7-5-13-10(9-18)6-8-20-13;1-9(2)7-3-4-10(9,8(11)5-7)6-15(12,13)14/h1-4,6,8,14H,5,7,9H2,(H2,17,19);7H,3-6H2,1-2H3,(H,12,13,14)/t14-;7?,10-/m10/s1. The summed E-state index contributed by atoms with van der Waals surface area (Å²) >= 11 is 8.01. The first kappa shape index (κ1) is 26.3. The fourth-order valence-corrected chi connectivity index (χ4v) is 8.57. The highest BCUT2D eigenvalue weighted by Gasteiger charge is 2.65. The third-order valence-corrected chi connectivity index (χ3v) is 10.5. The van der Waals surface area contributed by atoms with Crippen molar-refractivity contribution in [1.82, 2.24) is 4.90 Å². The van der Waals surface area contributed by atoms with Crippen molar-refractivity contribution in [3.8, 4) is 0 Å². The number of thiophene rings is 1. The van der Waals surface area contributed by atoms with Crippen LogP contribution in [0.4, 0.5) is 0 Å². The van der Waals surface area contributed by atoms with Crippen LogP contribution in [0.1, 0.15) is 55.2 Å². The normalized spacial score (nSPS) is 26.1. The van der Waals surface area contributed by atoms with Crippen molar-refractivity contribution in [3.63, 3.8) is 0 Å². The van der Waals surface area contributed by atoms with Crippen molar-refractivity contribution in [2.24, 2.45) is 22.5 Å². The zero-order valence-corrected chi connectivity index (χ0v) is 22.3. The van der Waals surface area contributed by atoms with Gasteiger partial charge in [0.2, 0.25) is 5.91 Å². The van der Waals surface area contributed by atoms with E-state index in [4.69, 9.17) is 21.9 Å². The van der Waals surface area contributed by atoms with E-state index in [9.17, 15) is 18.0 Å². The van der Waals surface area contributed by atoms with E-state index in [-0.39, 0.29) is 23.0 Å². The van der Waals surface area contributed by atoms with Crippen molar-refractivity contribution >= 4 is 44.7 Å². The molecule has 35 heavy (non-hydrogen) atoms. The van der Waals surface area contributed by atoms with Gasteiger partial charge in [0, 0.05) is 29.4 Å². The molecule has 0 saturated heterocycles. The number of halogens is 1. The number of primary amides is 1. The number of fused-ring (bicyclic) bond motifs is 3. The lowest BCUT2D eigenvalue weighted by Gasteiger charge is -2.35. The van der Waals surface area contributed by atoms with Crippen LogP contribution in [0.3, 0.4) is 0 Å². The predicted octanol–water partition coefficient (Wildman–Crippen LogP) is 4.26. The summed E-state index contributed by atoms with van der Waals surface area (Å²) in [5.74, 6) is -0.451. The minimum Gasteiger partial charge on any atom is -0.368 e. The zero-order valence-electron chi connectivity index (χ0n) is 19.9. The molecule has 1 amide bonds. The number of amides is 1. The molecule has 1 aliphatic heterocycles. The Morgan fingerprint density at radius 3 is 2.60 bits per heavy atom. The molecule has 2 aliphatic carbocycles. The van der Waals surface area contributed by atoms with Gasteiger partial charge >= 0.3 is 0 Å². The van der Waals surface area contributed by atoms with Crippen LogP contribution in [0.15, 0.2) is 35.7 Å². The molecule has 10 heteroatoms. The van der Waals surface area contributed by atoms with Crippen LogP contribution >= 0.6 is 22.9 Å². The summed E-state index contributed by atoms with van der Waals surface area (Å²) < 4.78 is 31.0. The molecule has 2 fully saturated rings. The number of ketones is 1. The molecule has 1 aromatic carbocycles. The topological polar surface area (TPSA) is 118 Å². The van der Waals surface area contributed by atoms with E-state index in [1.807, 2.05) is 32.0 Å². The predicted molar refractivity (Wildman–Crippen MR) is 137 cm³/mol. The van der Waals surface area contributed by atoms with E-state index in [2.05, 4.69) is 16.3 Å². The summed E-state index contributed by atoms with van der Waals surface area (Å²) in [7, 11) is -4.08. The largest absolute Gasteiger partial charge is 0.368 e. The Balaban J connectivity index is 0.000000172. The quantitative estimate of drug-likeness (QED) is 0.549. The summed E-state index contributed by atoms with van der Waals surface area (Å²) in [4.78, 5) is 27.3. The van der Waals surface area contributed by atoms with Gasteiger partial charge in [0.1, 0.15) is 11.8 Å². The van der Waals surface area contributed by atoms with Gasteiger partial charge in [-0.3, -0.25) is 19.0 Å². The zero-order chi connectivity index (χ0) is 25.6. The van der Waals surface area contributed by atoms with Crippen LogP contribution in [0.2, 0.25) is 5.02 Å². The lowest BCUT2D eigenvalue weighted by molar-refractivity contribution is -0.128. The highest BCUT2D eigenvalue weighted by Crippen LogP contribution is 2.64. The maximum Gasteiger partial charge on any atom is 0.265 e. The fraction of sp³-hybridized carbons (Fsp3) is 0.520. The number of Topliss-reactive ketones (excluding diaryl/α,β-unsaturated/α-hetero) is 1. The Kier molecular flexibility index (Phi) is 7.20. The third-order valence-electron chi connectivity index (χ3n) is 8.24. The SMILES string of the molecule is CC1(C)C2CC[C@]1(CS(=O)(=O)O)C(=O)C2.NC(=O)[C@@H](c1ccccc1Cl)N1CCc2sccc2C1. The highest BCUT2D eigenvalue weighted by molar-refractivity contribution is 7.85. The van der Waals surface area contributed by atoms with E-state index < -0.39 is 27.3 Å². The number of nitrogens with two attached hydrogens (primary N) is 1. The van der Waals surface area contributed by atoms with Crippen LogP contribution in [0.25, 0.3) is 0 Å². The molecule has 3 atom stereocenters. The Bertz CT molecular complexity index is 1240. The van der Waals surface area contributed by atoms with Crippen molar-refractivity contribution < 1.29 is 22.6 Å². The first-order valence-corrected chi connectivity index (χ1v) is 14.5. The molecule has 1 aromatic heterocycles. The van der Waals surface area contributed by atoms with E-state index >= 15 is 0 Å². The van der Waals surface area contributed by atoms with Crippen LogP contribution in [0.5, 0.6) is 0 Å². The molecule has 2 aromatic rings. The van der Waals surface area contributed by atoms with Crippen LogP contribution in [0, 0.1) is 16.7 Å². The van der Waals surface area contributed by atoms with Gasteiger partial charge < -0.3 is 5.73 Å². The Morgan fingerprint density at radius 2 is 2.03 bits per heavy atom. The second kappa shape index (κ2) is 9.59. The minimum absolute atomic E-state index is 0.0152. The number of nitrogens with zero attached hydrogens (tertiary/aromatic N) is 1. The highest BCUT2D eigenvalue weighted by atomic mass is 35.5. The Labute approximate surface area is 215 Å². The molecule has 2 bridgehead atoms. The van der Waals surface area contributed by atoms with Crippen molar-refractivity contribution in [2.45, 2.75) is 52.1 Å². The van der Waals surface area contributed by atoms with Gasteiger partial charge in [-0.05, 0) is 59.2 Å². The molecule has 0 radical (unpaired) electrons. The van der Waals surface area contributed by atoms with Gasteiger partial charge in [0.25, 0.3) is 10.1 Å². The van der Waals surface area contributed by atoms with Crippen molar-refractivity contribution in [1.29, 1.82) is 0 Å². The molecular formula is C25H31ClN2O5S2. The summed E-state index contributed by atoms with van der Waals surface area (Å²) in [6.45, 7) is 5.46. The van der Waals surface area contributed by atoms with Gasteiger partial charge in [-0.25, -0.2) is 0 Å². The molecule has 3 N–H and O–H groups in total. The first-order chi connectivity index (χ1) is 16.4. The summed E-state index contributed by atoms with van der Waals surface area (Å²) in [5.41, 5.74) is 6.59. The maximum atomic E-state index is 11.9. The number of hydrogen-bond donors (Lipinski definition) is 2. The second-order valence-electron chi connectivity index (χ2n) is 10.3. The maximum absolute atomic E-state index is 11.9. The van der Waals surface area contributed by atoms with Crippen molar-refractivity contribution in [2.75, 3.05) is 12.3 Å². The van der Waals surface area contributed by atoms with Gasteiger partial charge in [-0.15, -0.1) is 11.3 Å². The number of rotatable bonds is 5. The molecular weight excluding hydrogens is 508 g/mol. The molecule has 7 nitrogen and oxygen atoms in total. The minimum atomic E-state index is -4.08. The Hall–Kier alpha value is -1.78. The molecule has 2 saturated carbocycles. The van der Waals surface area contributed by atoms with E-state index in [0.29, 0.717) is 17.9 Å². The number of carbonyl (C=O) groups excluding carboxylic acids is 2. The molecule has 3 aliphatic rings. The first-order valence-electron chi connectivity index (χ1n) is 11.7. The molecule has 2 heterocycles. The number of hydrogen-bond acceptors (Lipinski definition) is 6. The van der Waals surface area contributed by atoms with E-state index in [1.54, 1.807) is 17.4 Å². The van der Waals surface area contributed by atoms with Gasteiger partial charge in [-0.1, -0.05) is 43.6 Å². The van der Waals surface area contributed by atoms with E-state index in [1.165, 1.54) is 10.4 Å². The van der Waals surface area contributed by atoms with Gasteiger partial charge in [0.15, 0.2) is 0 Å². The summed E-state index contributed by atoms with van der Waals surface area (Å²) in [6, 6.07) is 9.08. The lowest BCUT2D eigenvalue weighted by Crippen LogP contribution is -2.42. The third kappa shape index (κ3) is 4.93. The molecule has 190 valence electrons. The average Bonchev–Trinajstić information content (AvgIpc) is 3.37. The Morgan fingerprint density at radius 1 is 1.31 bits per heavy atom. The summed E-state index contributed by atoms with van der Waals surface area (Å²) in [6.07, 6.45) is 2.93. The fourth-order valence-electron chi connectivity index (χ4n) is 6.14. The van der Waals surface area contributed by atoms with Gasteiger partial charge in [-0.2, -0.15) is 8.42 Å². The van der Waals surface area contributed by atoms with Crippen LogP contribution < -0.4 is 5.73 Å². The molecule has 1 unspecified atom stereocenters. The van der Waals surface area contributed by atoms with E-state index in [0.717, 1.165) is 31.5 Å². The smallest absolute Gasteiger partial charge is 0.265 e. The van der Waals surface area contributed by atoms with Gasteiger partial charge in [0.05, 0.1) is 11.2 Å². The second-order valence-corrected chi connectivity index (χ2v) is 13.2. The van der Waals surface area contributed by atoms with Crippen LogP contribution in [-0.2, 0) is 32.7 Å².